The van der Waals surface area contributed by atoms with Gasteiger partial charge in [0.05, 0.1) is 7.11 Å². The number of carbonyl (C=O) groups is 2. The van der Waals surface area contributed by atoms with Gasteiger partial charge in [-0.25, -0.2) is 9.78 Å². The van der Waals surface area contributed by atoms with E-state index >= 15 is 0 Å². The number of imide groups is 1. The van der Waals surface area contributed by atoms with E-state index in [2.05, 4.69) is 15.6 Å². The van der Waals surface area contributed by atoms with Gasteiger partial charge in [0.25, 0.3) is 0 Å². The van der Waals surface area contributed by atoms with Crippen molar-refractivity contribution in [1.29, 1.82) is 0 Å². The van der Waals surface area contributed by atoms with Crippen LogP contribution in [-0.4, -0.2) is 29.4 Å². The van der Waals surface area contributed by atoms with Crippen molar-refractivity contribution < 1.29 is 14.3 Å². The Morgan fingerprint density at radius 2 is 2.28 bits per heavy atom. The van der Waals surface area contributed by atoms with Gasteiger partial charge >= 0.3 is 6.03 Å². The Balaban J connectivity index is 2.44. The summed E-state index contributed by atoms with van der Waals surface area (Å²) in [6, 6.07) is 2.82. The van der Waals surface area contributed by atoms with Gasteiger partial charge in [-0.1, -0.05) is 0 Å². The van der Waals surface area contributed by atoms with Crippen LogP contribution < -0.4 is 15.4 Å². The van der Waals surface area contributed by atoms with Crippen LogP contribution in [0.1, 0.15) is 12.5 Å². The fourth-order valence-corrected chi connectivity index (χ4v) is 1.16. The molecule has 1 atom stereocenters. The first kappa shape index (κ1) is 14.2. The zero-order valence-electron chi connectivity index (χ0n) is 10.1. The highest BCUT2D eigenvalue weighted by Gasteiger charge is 2.12. The summed E-state index contributed by atoms with van der Waals surface area (Å²) < 4.78 is 4.95. The molecule has 2 N–H and O–H groups in total. The molecule has 1 rings (SSSR count). The number of methoxy groups -OCH3 is 1. The minimum absolute atomic E-state index is 0.259. The molecule has 3 amide bonds. The number of hydrogen-bond acceptors (Lipinski definition) is 4. The van der Waals surface area contributed by atoms with E-state index < -0.39 is 17.3 Å². The molecule has 18 heavy (non-hydrogen) atoms. The lowest BCUT2D eigenvalue weighted by atomic mass is 10.2. The average molecular weight is 272 g/mol. The summed E-state index contributed by atoms with van der Waals surface area (Å²) >= 11 is 5.51. The molecule has 0 aromatic carbocycles. The highest BCUT2D eigenvalue weighted by Crippen LogP contribution is 2.07. The number of nitrogens with zero attached hydrogens (tertiary/aromatic N) is 1. The lowest BCUT2D eigenvalue weighted by molar-refractivity contribution is -0.119. The van der Waals surface area contributed by atoms with Gasteiger partial charge in [0, 0.05) is 18.8 Å². The van der Waals surface area contributed by atoms with Crippen molar-refractivity contribution >= 4 is 23.5 Å². The third-order valence-electron chi connectivity index (χ3n) is 2.06. The standard InChI is InChI=1S/C11H14ClN3O3/c1-7(12)10(16)15-11(17)14-6-8-3-4-13-9(5-8)18-2/h3-5,7H,6H2,1-2H3,(H2,14,15,16,17). The molecule has 0 aliphatic carbocycles. The van der Waals surface area contributed by atoms with Crippen LogP contribution in [0.4, 0.5) is 4.79 Å². The van der Waals surface area contributed by atoms with Crippen molar-refractivity contribution in [3.8, 4) is 5.88 Å². The number of ether oxygens (including phenoxy) is 1. The van der Waals surface area contributed by atoms with Gasteiger partial charge in [-0.15, -0.1) is 11.6 Å². The number of urea groups is 1. The molecule has 98 valence electrons. The molecule has 7 heteroatoms. The molecule has 0 aliphatic heterocycles. The second kappa shape index (κ2) is 6.80. The van der Waals surface area contributed by atoms with Gasteiger partial charge in [-0.3, -0.25) is 10.1 Å². The number of hydrogen-bond donors (Lipinski definition) is 2. The SMILES string of the molecule is COc1cc(CNC(=O)NC(=O)C(C)Cl)ccn1. The number of nitrogens with one attached hydrogen (secondary N) is 2. The monoisotopic (exact) mass is 271 g/mol. The number of rotatable bonds is 4. The van der Waals surface area contributed by atoms with Gasteiger partial charge in [0.2, 0.25) is 11.8 Å². The minimum atomic E-state index is -0.753. The summed E-state index contributed by atoms with van der Waals surface area (Å²) in [5.74, 6) is -0.0818. The second-order valence-electron chi connectivity index (χ2n) is 3.49. The van der Waals surface area contributed by atoms with Crippen LogP contribution in [0.3, 0.4) is 0 Å². The molecule has 1 aromatic rings. The summed E-state index contributed by atoms with van der Waals surface area (Å²) in [7, 11) is 1.51. The van der Waals surface area contributed by atoms with Crippen molar-refractivity contribution in [3.63, 3.8) is 0 Å². The van der Waals surface area contributed by atoms with Crippen molar-refractivity contribution in [2.24, 2.45) is 0 Å². The van der Waals surface area contributed by atoms with Gasteiger partial charge < -0.3 is 10.1 Å². The number of amides is 3. The molecule has 1 unspecified atom stereocenters. The number of carbonyl (C=O) groups excluding carboxylic acids is 2. The highest BCUT2D eigenvalue weighted by atomic mass is 35.5. The largest absolute Gasteiger partial charge is 0.481 e. The Morgan fingerprint density at radius 3 is 2.89 bits per heavy atom. The van der Waals surface area contributed by atoms with Crippen LogP contribution in [0.25, 0.3) is 0 Å². The van der Waals surface area contributed by atoms with E-state index in [-0.39, 0.29) is 6.54 Å². The Hall–Kier alpha value is -1.82. The molecule has 1 heterocycles. The Morgan fingerprint density at radius 1 is 1.56 bits per heavy atom. The summed E-state index contributed by atoms with van der Waals surface area (Å²) in [5.41, 5.74) is 0.809. The minimum Gasteiger partial charge on any atom is -0.481 e. The van der Waals surface area contributed by atoms with Crippen molar-refractivity contribution in [1.82, 2.24) is 15.6 Å². The molecular formula is C11H14ClN3O3. The van der Waals surface area contributed by atoms with Crippen LogP contribution in [0, 0.1) is 0 Å². The number of halogens is 1. The topological polar surface area (TPSA) is 80.3 Å². The van der Waals surface area contributed by atoms with E-state index in [1.54, 1.807) is 18.3 Å². The summed E-state index contributed by atoms with van der Waals surface area (Å²) in [5, 5.41) is 3.88. The number of pyridine rings is 1. The zero-order valence-corrected chi connectivity index (χ0v) is 10.8. The van der Waals surface area contributed by atoms with E-state index in [0.717, 1.165) is 5.56 Å². The summed E-state index contributed by atoms with van der Waals surface area (Å²) in [6.45, 7) is 1.74. The predicted octanol–water partition coefficient (Wildman–Crippen LogP) is 1.04. The lowest BCUT2D eigenvalue weighted by Crippen LogP contribution is -2.41. The van der Waals surface area contributed by atoms with Crippen LogP contribution in [-0.2, 0) is 11.3 Å². The maximum absolute atomic E-state index is 11.3. The number of alkyl halides is 1. The molecule has 6 nitrogen and oxygen atoms in total. The van der Waals surface area contributed by atoms with Crippen LogP contribution in [0.5, 0.6) is 5.88 Å². The summed E-state index contributed by atoms with van der Waals surface area (Å²) in [6.07, 6.45) is 1.57. The Labute approximate surface area is 110 Å². The van der Waals surface area contributed by atoms with E-state index in [4.69, 9.17) is 16.3 Å². The maximum atomic E-state index is 11.3. The van der Waals surface area contributed by atoms with Crippen molar-refractivity contribution in [2.75, 3.05) is 7.11 Å². The molecule has 0 aliphatic rings. The molecule has 0 spiro atoms. The van der Waals surface area contributed by atoms with E-state index in [1.807, 2.05) is 0 Å². The quantitative estimate of drug-likeness (QED) is 0.802. The smallest absolute Gasteiger partial charge is 0.321 e. The normalized spacial score (nSPS) is 11.5. The van der Waals surface area contributed by atoms with Gasteiger partial charge in [0.15, 0.2) is 0 Å². The Kier molecular flexibility index (Phi) is 5.38. The third kappa shape index (κ3) is 4.58. The average Bonchev–Trinajstić information content (AvgIpc) is 2.36. The molecule has 0 saturated carbocycles. The Bertz CT molecular complexity index is 437. The highest BCUT2D eigenvalue weighted by molar-refractivity contribution is 6.31. The molecule has 0 radical (unpaired) electrons. The molecule has 1 aromatic heterocycles. The van der Waals surface area contributed by atoms with Gasteiger partial charge in [0.1, 0.15) is 5.38 Å². The van der Waals surface area contributed by atoms with E-state index in [1.165, 1.54) is 14.0 Å². The molecule has 0 fully saturated rings. The van der Waals surface area contributed by atoms with Gasteiger partial charge in [-0.2, -0.15) is 0 Å². The van der Waals surface area contributed by atoms with Crippen molar-refractivity contribution in [2.45, 2.75) is 18.8 Å². The van der Waals surface area contributed by atoms with Crippen LogP contribution in [0.2, 0.25) is 0 Å². The first-order chi connectivity index (χ1) is 8.52. The first-order valence-electron chi connectivity index (χ1n) is 5.24. The van der Waals surface area contributed by atoms with Gasteiger partial charge in [-0.05, 0) is 18.6 Å². The van der Waals surface area contributed by atoms with Crippen LogP contribution >= 0.6 is 11.6 Å². The molecule has 0 bridgehead atoms. The van der Waals surface area contributed by atoms with Crippen LogP contribution in [0.15, 0.2) is 18.3 Å². The van der Waals surface area contributed by atoms with E-state index in [0.29, 0.717) is 5.88 Å². The lowest BCUT2D eigenvalue weighted by Gasteiger charge is -2.08. The number of aromatic nitrogens is 1. The molecular weight excluding hydrogens is 258 g/mol. The fourth-order valence-electron chi connectivity index (χ4n) is 1.11. The maximum Gasteiger partial charge on any atom is 0.321 e. The zero-order chi connectivity index (χ0) is 13.5. The summed E-state index contributed by atoms with van der Waals surface area (Å²) in [4.78, 5) is 26.4. The predicted molar refractivity (Wildman–Crippen MR) is 66.5 cm³/mol. The second-order valence-corrected chi connectivity index (χ2v) is 4.15. The molecule has 0 saturated heterocycles. The van der Waals surface area contributed by atoms with E-state index in [9.17, 15) is 9.59 Å². The fraction of sp³-hybridized carbons (Fsp3) is 0.364. The first-order valence-corrected chi connectivity index (χ1v) is 5.68. The third-order valence-corrected chi connectivity index (χ3v) is 2.26. The van der Waals surface area contributed by atoms with Crippen molar-refractivity contribution in [3.05, 3.63) is 23.9 Å².